The Balaban J connectivity index is 2.61. The van der Waals surface area contributed by atoms with Gasteiger partial charge in [-0.15, -0.1) is 0 Å². The summed E-state index contributed by atoms with van der Waals surface area (Å²) >= 11 is 3.47. The first-order valence-corrected chi connectivity index (χ1v) is 11.0. The molecule has 1 aromatic rings. The first kappa shape index (κ1) is 19.0. The third-order valence-corrected chi connectivity index (χ3v) is 9.23. The predicted octanol–water partition coefficient (Wildman–Crippen LogP) is 5.31. The van der Waals surface area contributed by atoms with E-state index < -0.39 is 8.32 Å². The molecular formula is C17H25BrN2OSi. The fraction of sp³-hybridized carbons (Fsp3) is 0.471. The molecule has 120 valence electrons. The fourth-order valence-electron chi connectivity index (χ4n) is 1.56. The molecule has 1 aromatic carbocycles. The van der Waals surface area contributed by atoms with Crippen molar-refractivity contribution in [3.8, 4) is 6.07 Å². The maximum Gasteiger partial charge on any atom is 0.192 e. The molecule has 0 atom stereocenters. The van der Waals surface area contributed by atoms with Gasteiger partial charge < -0.3 is 9.74 Å². The van der Waals surface area contributed by atoms with Crippen LogP contribution in [0.4, 0.5) is 5.69 Å². The van der Waals surface area contributed by atoms with E-state index in [9.17, 15) is 0 Å². The number of halogens is 1. The van der Waals surface area contributed by atoms with Crippen molar-refractivity contribution in [2.45, 2.75) is 38.9 Å². The number of hydrogen-bond acceptors (Lipinski definition) is 3. The van der Waals surface area contributed by atoms with Crippen LogP contribution in [-0.2, 0) is 4.43 Å². The zero-order valence-corrected chi connectivity index (χ0v) is 16.7. The van der Waals surface area contributed by atoms with Gasteiger partial charge in [-0.05, 0) is 51.8 Å². The Morgan fingerprint density at radius 2 is 2.05 bits per heavy atom. The van der Waals surface area contributed by atoms with Crippen molar-refractivity contribution in [1.29, 1.82) is 5.26 Å². The number of hydrogen-bond donors (Lipinski definition) is 1. The Morgan fingerprint density at radius 3 is 2.59 bits per heavy atom. The summed E-state index contributed by atoms with van der Waals surface area (Å²) in [6.45, 7) is 16.3. The number of rotatable bonds is 6. The number of para-hydroxylation sites is 1. The second kappa shape index (κ2) is 7.45. The van der Waals surface area contributed by atoms with E-state index in [2.05, 4.69) is 67.8 Å². The molecule has 0 aromatic heterocycles. The van der Waals surface area contributed by atoms with Gasteiger partial charge in [-0.25, -0.2) is 0 Å². The minimum Gasteiger partial charge on any atom is -0.413 e. The van der Waals surface area contributed by atoms with E-state index in [0.717, 1.165) is 15.7 Å². The van der Waals surface area contributed by atoms with Gasteiger partial charge in [0.05, 0.1) is 17.9 Å². The fourth-order valence-corrected chi connectivity index (χ4v) is 3.06. The van der Waals surface area contributed by atoms with Gasteiger partial charge in [-0.3, -0.25) is 0 Å². The summed E-state index contributed by atoms with van der Waals surface area (Å²) in [4.78, 5) is 0. The van der Waals surface area contributed by atoms with Crippen molar-refractivity contribution in [3.05, 3.63) is 40.4 Å². The maximum atomic E-state index is 9.16. The molecule has 0 saturated heterocycles. The molecule has 0 radical (unpaired) electrons. The monoisotopic (exact) mass is 380 g/mol. The van der Waals surface area contributed by atoms with E-state index >= 15 is 0 Å². The van der Waals surface area contributed by atoms with Crippen LogP contribution in [0.25, 0.3) is 0 Å². The van der Waals surface area contributed by atoms with E-state index in [4.69, 9.17) is 9.69 Å². The summed E-state index contributed by atoms with van der Waals surface area (Å²) in [6, 6.07) is 7.75. The summed E-state index contributed by atoms with van der Waals surface area (Å²) in [7, 11) is -1.75. The van der Waals surface area contributed by atoms with Crippen molar-refractivity contribution in [2.75, 3.05) is 18.5 Å². The van der Waals surface area contributed by atoms with Crippen molar-refractivity contribution < 1.29 is 4.43 Å². The van der Waals surface area contributed by atoms with Crippen LogP contribution in [0.5, 0.6) is 0 Å². The van der Waals surface area contributed by atoms with E-state index in [1.54, 1.807) is 6.07 Å². The molecule has 0 fully saturated rings. The first-order chi connectivity index (χ1) is 10.1. The van der Waals surface area contributed by atoms with Gasteiger partial charge in [0.25, 0.3) is 0 Å². The molecule has 1 N–H and O–H groups in total. The molecule has 5 heteroatoms. The number of nitrogens with one attached hydrogen (secondary N) is 1. The molecule has 0 amide bonds. The molecular weight excluding hydrogens is 356 g/mol. The molecule has 0 aliphatic carbocycles. The number of nitriles is 1. The highest BCUT2D eigenvalue weighted by atomic mass is 79.9. The SMILES string of the molecule is C=C(CNc1c(Br)cccc1C#N)CO[Si](C)(C)C(C)(C)C. The molecule has 0 unspecified atom stereocenters. The van der Waals surface area contributed by atoms with Crippen LogP contribution < -0.4 is 5.32 Å². The van der Waals surface area contributed by atoms with Gasteiger partial charge >= 0.3 is 0 Å². The Bertz CT molecular complexity index is 585. The van der Waals surface area contributed by atoms with E-state index in [-0.39, 0.29) is 5.04 Å². The van der Waals surface area contributed by atoms with Crippen LogP contribution in [0, 0.1) is 11.3 Å². The van der Waals surface area contributed by atoms with Crippen LogP contribution in [0.2, 0.25) is 18.1 Å². The summed E-state index contributed by atoms with van der Waals surface area (Å²) in [5.74, 6) is 0. The van der Waals surface area contributed by atoms with Crippen molar-refractivity contribution >= 4 is 29.9 Å². The van der Waals surface area contributed by atoms with E-state index in [1.807, 2.05) is 12.1 Å². The van der Waals surface area contributed by atoms with Gasteiger partial charge in [0.1, 0.15) is 6.07 Å². The molecule has 1 rings (SSSR count). The third-order valence-electron chi connectivity index (χ3n) is 4.09. The summed E-state index contributed by atoms with van der Waals surface area (Å²) in [5, 5.41) is 12.6. The van der Waals surface area contributed by atoms with Gasteiger partial charge in [0, 0.05) is 11.0 Å². The Hall–Kier alpha value is -1.09. The second-order valence-electron chi connectivity index (χ2n) is 6.93. The summed E-state index contributed by atoms with van der Waals surface area (Å²) in [5.41, 5.74) is 2.40. The number of benzene rings is 1. The van der Waals surface area contributed by atoms with Crippen LogP contribution in [0.3, 0.4) is 0 Å². The molecule has 0 spiro atoms. The Labute approximate surface area is 143 Å². The maximum absolute atomic E-state index is 9.16. The van der Waals surface area contributed by atoms with Crippen molar-refractivity contribution in [1.82, 2.24) is 0 Å². The smallest absolute Gasteiger partial charge is 0.192 e. The minimum atomic E-state index is -1.75. The zero-order valence-electron chi connectivity index (χ0n) is 14.1. The molecule has 0 aliphatic heterocycles. The lowest BCUT2D eigenvalue weighted by Gasteiger charge is -2.36. The standard InChI is InChI=1S/C17H25BrN2OSi/c1-13(12-21-22(5,6)17(2,3)4)11-20-16-14(10-19)8-7-9-15(16)18/h7-9,20H,1,11-12H2,2-6H3. The van der Waals surface area contributed by atoms with Crippen LogP contribution in [0.1, 0.15) is 26.3 Å². The quantitative estimate of drug-likeness (QED) is 0.536. The number of anilines is 1. The summed E-state index contributed by atoms with van der Waals surface area (Å²) in [6.07, 6.45) is 0. The molecule has 3 nitrogen and oxygen atoms in total. The topological polar surface area (TPSA) is 45.0 Å². The van der Waals surface area contributed by atoms with Crippen LogP contribution in [0.15, 0.2) is 34.8 Å². The molecule has 0 aliphatic rings. The largest absolute Gasteiger partial charge is 0.413 e. The highest BCUT2D eigenvalue weighted by Crippen LogP contribution is 2.36. The van der Waals surface area contributed by atoms with E-state index in [1.165, 1.54) is 0 Å². The second-order valence-corrected chi connectivity index (χ2v) is 12.6. The lowest BCUT2D eigenvalue weighted by atomic mass is 10.2. The predicted molar refractivity (Wildman–Crippen MR) is 99.6 cm³/mol. The van der Waals surface area contributed by atoms with Crippen LogP contribution in [-0.4, -0.2) is 21.5 Å². The zero-order chi connectivity index (χ0) is 17.0. The Morgan fingerprint density at radius 1 is 1.41 bits per heavy atom. The minimum absolute atomic E-state index is 0.192. The van der Waals surface area contributed by atoms with Gasteiger partial charge in [0.15, 0.2) is 8.32 Å². The molecule has 0 saturated carbocycles. The highest BCUT2D eigenvalue weighted by molar-refractivity contribution is 9.10. The van der Waals surface area contributed by atoms with Gasteiger partial charge in [0.2, 0.25) is 0 Å². The Kier molecular flexibility index (Phi) is 6.42. The average molecular weight is 381 g/mol. The lowest BCUT2D eigenvalue weighted by molar-refractivity contribution is 0.318. The third kappa shape index (κ3) is 4.98. The highest BCUT2D eigenvalue weighted by Gasteiger charge is 2.37. The summed E-state index contributed by atoms with van der Waals surface area (Å²) < 4.78 is 7.03. The van der Waals surface area contributed by atoms with Crippen molar-refractivity contribution in [3.63, 3.8) is 0 Å². The van der Waals surface area contributed by atoms with Gasteiger partial charge in [-0.2, -0.15) is 5.26 Å². The van der Waals surface area contributed by atoms with Gasteiger partial charge in [-0.1, -0.05) is 33.4 Å². The van der Waals surface area contributed by atoms with Crippen LogP contribution >= 0.6 is 15.9 Å². The lowest BCUT2D eigenvalue weighted by Crippen LogP contribution is -2.41. The van der Waals surface area contributed by atoms with Crippen molar-refractivity contribution in [2.24, 2.45) is 0 Å². The first-order valence-electron chi connectivity index (χ1n) is 7.31. The molecule has 22 heavy (non-hydrogen) atoms. The normalized spacial score (nSPS) is 11.9. The van der Waals surface area contributed by atoms with E-state index in [0.29, 0.717) is 18.7 Å². The number of nitrogens with zero attached hydrogens (tertiary/aromatic N) is 1. The molecule has 0 heterocycles. The average Bonchev–Trinajstić information content (AvgIpc) is 2.42. The molecule has 0 bridgehead atoms.